The summed E-state index contributed by atoms with van der Waals surface area (Å²) in [7, 11) is 0. The van der Waals surface area contributed by atoms with Gasteiger partial charge in [-0.25, -0.2) is 0 Å². The first-order chi connectivity index (χ1) is 15.8. The summed E-state index contributed by atoms with van der Waals surface area (Å²) < 4.78 is 1.14. The molecule has 1 aliphatic rings. The fourth-order valence-corrected chi connectivity index (χ4v) is 6.24. The Morgan fingerprint density at radius 1 is 1.39 bits per heavy atom. The van der Waals surface area contributed by atoms with Crippen LogP contribution in [0.2, 0.25) is 0 Å². The quantitative estimate of drug-likeness (QED) is 0.199. The van der Waals surface area contributed by atoms with Gasteiger partial charge in [-0.3, -0.25) is 4.79 Å². The van der Waals surface area contributed by atoms with Gasteiger partial charge >= 0.3 is 0 Å². The molecule has 33 heavy (non-hydrogen) atoms. The van der Waals surface area contributed by atoms with Gasteiger partial charge < -0.3 is 20.6 Å². The summed E-state index contributed by atoms with van der Waals surface area (Å²) in [5.74, 6) is 0.845. The number of amides is 1. The van der Waals surface area contributed by atoms with Crippen LogP contribution < -0.4 is 5.32 Å². The highest BCUT2D eigenvalue weighted by molar-refractivity contribution is 9.10. The number of rotatable bonds is 14. The standard InChI is InChI=1S/C26H40BrNO4S/c1-3-19-16-25(31)23(8-6-4-5-7-9-26(32)28-14-15-29)22(19)13-11-20(30)10-12-21-17-24(27)18(2)33-21/h4,6,11,13,17,19-20,22-23,25,29-31H,3,5,7-10,12,14-16H2,1-2H3,(H,28,32)/b6-4-,13-11+/t19?,20-,22-,23+,25?/m0/s1. The van der Waals surface area contributed by atoms with Crippen LogP contribution in [0.25, 0.3) is 0 Å². The molecule has 7 heteroatoms. The molecule has 2 unspecified atom stereocenters. The molecular weight excluding hydrogens is 502 g/mol. The molecule has 0 aliphatic heterocycles. The van der Waals surface area contributed by atoms with Crippen molar-refractivity contribution in [3.8, 4) is 0 Å². The maximum atomic E-state index is 11.6. The van der Waals surface area contributed by atoms with Crippen LogP contribution >= 0.6 is 27.3 Å². The van der Waals surface area contributed by atoms with Crippen molar-refractivity contribution in [1.29, 1.82) is 0 Å². The van der Waals surface area contributed by atoms with Gasteiger partial charge in [-0.1, -0.05) is 37.6 Å². The normalized spacial score (nSPS) is 24.2. The van der Waals surface area contributed by atoms with Crippen LogP contribution in [0.1, 0.15) is 61.6 Å². The molecule has 1 saturated carbocycles. The number of hydrogen-bond acceptors (Lipinski definition) is 5. The second-order valence-corrected chi connectivity index (χ2v) is 11.2. The number of hydrogen-bond donors (Lipinski definition) is 4. The minimum absolute atomic E-state index is 0.0277. The monoisotopic (exact) mass is 541 g/mol. The summed E-state index contributed by atoms with van der Waals surface area (Å²) in [6, 6.07) is 2.14. The van der Waals surface area contributed by atoms with Gasteiger partial charge in [0.25, 0.3) is 0 Å². The van der Waals surface area contributed by atoms with Crippen molar-refractivity contribution < 1.29 is 20.1 Å². The molecule has 1 fully saturated rings. The Bertz CT molecular complexity index is 759. The number of aliphatic hydroxyl groups excluding tert-OH is 3. The fraction of sp³-hybridized carbons (Fsp3) is 0.654. The van der Waals surface area contributed by atoms with Crippen LogP contribution in [0.15, 0.2) is 34.8 Å². The minimum Gasteiger partial charge on any atom is -0.395 e. The molecule has 1 heterocycles. The van der Waals surface area contributed by atoms with Crippen LogP contribution in [0.3, 0.4) is 0 Å². The summed E-state index contributed by atoms with van der Waals surface area (Å²) in [5.41, 5.74) is 0. The fourth-order valence-electron chi connectivity index (χ4n) is 4.62. The zero-order valence-corrected chi connectivity index (χ0v) is 22.3. The number of unbranched alkanes of at least 4 members (excludes halogenated alkanes) is 1. The lowest BCUT2D eigenvalue weighted by atomic mass is 9.85. The van der Waals surface area contributed by atoms with E-state index in [9.17, 15) is 15.0 Å². The molecule has 0 spiro atoms. The first kappa shape index (κ1) is 28.2. The van der Waals surface area contributed by atoms with Crippen molar-refractivity contribution in [2.45, 2.75) is 77.4 Å². The first-order valence-corrected chi connectivity index (χ1v) is 13.8. The van der Waals surface area contributed by atoms with Crippen LogP contribution in [0, 0.1) is 24.7 Å². The molecule has 0 bridgehead atoms. The van der Waals surface area contributed by atoms with E-state index in [0.717, 1.165) is 43.0 Å². The second-order valence-electron chi connectivity index (χ2n) is 8.99. The molecule has 1 aliphatic carbocycles. The van der Waals surface area contributed by atoms with Crippen LogP contribution in [-0.4, -0.2) is 46.6 Å². The van der Waals surface area contributed by atoms with Gasteiger partial charge in [-0.15, -0.1) is 11.3 Å². The first-order valence-electron chi connectivity index (χ1n) is 12.2. The molecule has 5 nitrogen and oxygen atoms in total. The van der Waals surface area contributed by atoms with Crippen LogP contribution in [-0.2, 0) is 11.2 Å². The zero-order valence-electron chi connectivity index (χ0n) is 19.9. The molecule has 0 radical (unpaired) electrons. The average Bonchev–Trinajstić information content (AvgIpc) is 3.28. The summed E-state index contributed by atoms with van der Waals surface area (Å²) in [5, 5.41) is 32.6. The molecule has 4 N–H and O–H groups in total. The second kappa shape index (κ2) is 15.1. The van der Waals surface area contributed by atoms with Crippen molar-refractivity contribution in [3.05, 3.63) is 44.6 Å². The number of nitrogens with one attached hydrogen (secondary N) is 1. The molecule has 5 atom stereocenters. The molecule has 0 aromatic carbocycles. The van der Waals surface area contributed by atoms with Gasteiger partial charge in [-0.2, -0.15) is 0 Å². The Kier molecular flexibility index (Phi) is 12.9. The van der Waals surface area contributed by atoms with E-state index in [2.05, 4.69) is 59.4 Å². The van der Waals surface area contributed by atoms with Gasteiger partial charge in [0.1, 0.15) is 0 Å². The lowest BCUT2D eigenvalue weighted by Crippen LogP contribution is -2.25. The summed E-state index contributed by atoms with van der Waals surface area (Å²) in [4.78, 5) is 14.1. The Labute approximate surface area is 211 Å². The summed E-state index contributed by atoms with van der Waals surface area (Å²) in [6.07, 6.45) is 13.8. The maximum Gasteiger partial charge on any atom is 0.220 e. The van der Waals surface area contributed by atoms with Gasteiger partial charge in [0, 0.05) is 27.2 Å². The topological polar surface area (TPSA) is 89.8 Å². The number of carbonyl (C=O) groups is 1. The van der Waals surface area contributed by atoms with Gasteiger partial charge in [0.15, 0.2) is 0 Å². The van der Waals surface area contributed by atoms with Gasteiger partial charge in [0.2, 0.25) is 5.91 Å². The van der Waals surface area contributed by atoms with Crippen LogP contribution in [0.5, 0.6) is 0 Å². The Morgan fingerprint density at radius 2 is 2.18 bits per heavy atom. The minimum atomic E-state index is -0.477. The van der Waals surface area contributed by atoms with Crippen molar-refractivity contribution in [2.75, 3.05) is 13.2 Å². The predicted octanol–water partition coefficient (Wildman–Crippen LogP) is 4.92. The number of thiophene rings is 1. The Morgan fingerprint density at radius 3 is 2.85 bits per heavy atom. The summed E-state index contributed by atoms with van der Waals surface area (Å²) >= 11 is 5.32. The van der Waals surface area contributed by atoms with Crippen LogP contribution in [0.4, 0.5) is 0 Å². The lowest BCUT2D eigenvalue weighted by molar-refractivity contribution is -0.121. The van der Waals surface area contributed by atoms with Gasteiger partial charge in [0.05, 0.1) is 18.8 Å². The molecule has 1 aromatic rings. The average molecular weight is 543 g/mol. The number of carbonyl (C=O) groups excluding carboxylic acids is 1. The van der Waals surface area contributed by atoms with E-state index >= 15 is 0 Å². The van der Waals surface area contributed by atoms with Crippen molar-refractivity contribution >= 4 is 33.2 Å². The molecule has 2 rings (SSSR count). The largest absolute Gasteiger partial charge is 0.395 e. The predicted molar refractivity (Wildman–Crippen MR) is 139 cm³/mol. The van der Waals surface area contributed by atoms with E-state index in [1.54, 1.807) is 11.3 Å². The third kappa shape index (κ3) is 9.65. The number of aryl methyl sites for hydroxylation is 2. The van der Waals surface area contributed by atoms with E-state index in [1.807, 2.05) is 6.08 Å². The third-order valence-corrected chi connectivity index (χ3v) is 8.73. The van der Waals surface area contributed by atoms with E-state index < -0.39 is 6.10 Å². The van der Waals surface area contributed by atoms with E-state index in [0.29, 0.717) is 25.3 Å². The Balaban J connectivity index is 1.82. The molecule has 1 amide bonds. The SMILES string of the molecule is CCC1CC(O)[C@H](C/C=C\CCCC(=O)NCCO)[C@H]1/C=C/[C@@H](O)CCc1cc(Br)c(C)s1. The number of halogens is 1. The summed E-state index contributed by atoms with van der Waals surface area (Å²) in [6.45, 7) is 4.54. The number of allylic oxidation sites excluding steroid dienone is 3. The highest BCUT2D eigenvalue weighted by atomic mass is 79.9. The highest BCUT2D eigenvalue weighted by Crippen LogP contribution is 2.42. The smallest absolute Gasteiger partial charge is 0.220 e. The Hall–Kier alpha value is -0.990. The highest BCUT2D eigenvalue weighted by Gasteiger charge is 2.39. The molecule has 0 saturated heterocycles. The van der Waals surface area contributed by atoms with Gasteiger partial charge in [-0.05, 0) is 85.2 Å². The van der Waals surface area contributed by atoms with Crippen molar-refractivity contribution in [2.24, 2.45) is 17.8 Å². The molecule has 1 aromatic heterocycles. The maximum absolute atomic E-state index is 11.6. The zero-order chi connectivity index (χ0) is 24.2. The van der Waals surface area contributed by atoms with E-state index in [-0.39, 0.29) is 30.5 Å². The molecule has 186 valence electrons. The lowest BCUT2D eigenvalue weighted by Gasteiger charge is -2.21. The van der Waals surface area contributed by atoms with Crippen molar-refractivity contribution in [1.82, 2.24) is 5.32 Å². The number of aliphatic hydroxyl groups is 3. The molecular formula is C26H40BrNO4S. The van der Waals surface area contributed by atoms with E-state index in [1.165, 1.54) is 9.75 Å². The third-order valence-electron chi connectivity index (χ3n) is 6.54. The van der Waals surface area contributed by atoms with Crippen molar-refractivity contribution in [3.63, 3.8) is 0 Å². The van der Waals surface area contributed by atoms with E-state index in [4.69, 9.17) is 5.11 Å².